The van der Waals surface area contributed by atoms with Crippen LogP contribution in [0.25, 0.3) is 0 Å². The van der Waals surface area contributed by atoms with Gasteiger partial charge < -0.3 is 10.2 Å². The lowest BCUT2D eigenvalue weighted by Crippen LogP contribution is -2.20. The SMILES string of the molecule is CC(Nc1nncc(N2CCCC2)n1)c1ccccc1. The largest absolute Gasteiger partial charge is 0.355 e. The van der Waals surface area contributed by atoms with Gasteiger partial charge in [0.1, 0.15) is 0 Å². The van der Waals surface area contributed by atoms with Crippen LogP contribution in [0.15, 0.2) is 36.5 Å². The van der Waals surface area contributed by atoms with E-state index in [-0.39, 0.29) is 6.04 Å². The lowest BCUT2D eigenvalue weighted by atomic mass is 10.1. The van der Waals surface area contributed by atoms with E-state index in [1.165, 1.54) is 18.4 Å². The topological polar surface area (TPSA) is 53.9 Å². The van der Waals surface area contributed by atoms with E-state index in [4.69, 9.17) is 0 Å². The summed E-state index contributed by atoms with van der Waals surface area (Å²) >= 11 is 0. The number of rotatable bonds is 4. The van der Waals surface area contributed by atoms with Crippen molar-refractivity contribution in [3.63, 3.8) is 0 Å². The van der Waals surface area contributed by atoms with Crippen molar-refractivity contribution in [1.82, 2.24) is 15.2 Å². The van der Waals surface area contributed by atoms with E-state index in [9.17, 15) is 0 Å². The normalized spacial score (nSPS) is 16.1. The smallest absolute Gasteiger partial charge is 0.245 e. The van der Waals surface area contributed by atoms with Crippen LogP contribution in [0, 0.1) is 0 Å². The van der Waals surface area contributed by atoms with Gasteiger partial charge in [0.25, 0.3) is 0 Å². The first-order valence-corrected chi connectivity index (χ1v) is 7.09. The first-order valence-electron chi connectivity index (χ1n) is 7.09. The summed E-state index contributed by atoms with van der Waals surface area (Å²) in [5.41, 5.74) is 1.21. The Kier molecular flexibility index (Phi) is 3.76. The minimum atomic E-state index is 0.159. The quantitative estimate of drug-likeness (QED) is 0.924. The molecule has 0 spiro atoms. The maximum absolute atomic E-state index is 4.56. The van der Waals surface area contributed by atoms with Gasteiger partial charge in [-0.15, -0.1) is 5.10 Å². The van der Waals surface area contributed by atoms with E-state index in [0.29, 0.717) is 5.95 Å². The summed E-state index contributed by atoms with van der Waals surface area (Å²) in [4.78, 5) is 6.82. The van der Waals surface area contributed by atoms with E-state index in [2.05, 4.69) is 44.5 Å². The average molecular weight is 269 g/mol. The third-order valence-electron chi connectivity index (χ3n) is 3.62. The van der Waals surface area contributed by atoms with Crippen LogP contribution in [0.5, 0.6) is 0 Å². The van der Waals surface area contributed by atoms with Crippen LogP contribution in [-0.4, -0.2) is 28.3 Å². The van der Waals surface area contributed by atoms with Crippen LogP contribution in [0.4, 0.5) is 11.8 Å². The molecule has 1 atom stereocenters. The molecular weight excluding hydrogens is 250 g/mol. The maximum atomic E-state index is 4.56. The molecular formula is C15H19N5. The van der Waals surface area contributed by atoms with Gasteiger partial charge in [-0.3, -0.25) is 0 Å². The molecule has 1 aromatic carbocycles. The van der Waals surface area contributed by atoms with E-state index in [0.717, 1.165) is 18.9 Å². The number of aromatic nitrogens is 3. The van der Waals surface area contributed by atoms with Crippen molar-refractivity contribution in [2.75, 3.05) is 23.3 Å². The van der Waals surface area contributed by atoms with Gasteiger partial charge in [0, 0.05) is 13.1 Å². The van der Waals surface area contributed by atoms with Crippen LogP contribution in [0.2, 0.25) is 0 Å². The third-order valence-corrected chi connectivity index (χ3v) is 3.62. The van der Waals surface area contributed by atoms with E-state index in [1.54, 1.807) is 6.20 Å². The zero-order chi connectivity index (χ0) is 13.8. The van der Waals surface area contributed by atoms with E-state index >= 15 is 0 Å². The Morgan fingerprint density at radius 1 is 1.15 bits per heavy atom. The van der Waals surface area contributed by atoms with Crippen molar-refractivity contribution >= 4 is 11.8 Å². The van der Waals surface area contributed by atoms with Gasteiger partial charge in [-0.1, -0.05) is 30.3 Å². The first-order chi connectivity index (χ1) is 9.83. The number of benzene rings is 1. The monoisotopic (exact) mass is 269 g/mol. The molecule has 104 valence electrons. The highest BCUT2D eigenvalue weighted by Gasteiger charge is 2.15. The van der Waals surface area contributed by atoms with Gasteiger partial charge >= 0.3 is 0 Å². The molecule has 2 heterocycles. The van der Waals surface area contributed by atoms with Gasteiger partial charge in [-0.2, -0.15) is 10.1 Å². The molecule has 2 aromatic rings. The number of anilines is 2. The molecule has 0 amide bonds. The van der Waals surface area contributed by atoms with Gasteiger partial charge in [0.15, 0.2) is 5.82 Å². The fraction of sp³-hybridized carbons (Fsp3) is 0.400. The molecule has 5 heteroatoms. The second-order valence-corrected chi connectivity index (χ2v) is 5.11. The molecule has 20 heavy (non-hydrogen) atoms. The van der Waals surface area contributed by atoms with Crippen LogP contribution in [0.3, 0.4) is 0 Å². The Morgan fingerprint density at radius 3 is 2.65 bits per heavy atom. The van der Waals surface area contributed by atoms with Crippen molar-refractivity contribution in [2.24, 2.45) is 0 Å². The number of nitrogens with zero attached hydrogens (tertiary/aromatic N) is 4. The van der Waals surface area contributed by atoms with Gasteiger partial charge in [-0.05, 0) is 25.3 Å². The Bertz CT molecular complexity index is 551. The summed E-state index contributed by atoms with van der Waals surface area (Å²) in [6, 6.07) is 10.4. The van der Waals surface area contributed by atoms with Gasteiger partial charge in [0.05, 0.1) is 12.2 Å². The predicted octanol–water partition coefficient (Wildman–Crippen LogP) is 2.64. The summed E-state index contributed by atoms with van der Waals surface area (Å²) < 4.78 is 0. The Morgan fingerprint density at radius 2 is 1.90 bits per heavy atom. The molecule has 1 fully saturated rings. The van der Waals surface area contributed by atoms with Gasteiger partial charge in [0.2, 0.25) is 5.95 Å². The second-order valence-electron chi connectivity index (χ2n) is 5.11. The highest BCUT2D eigenvalue weighted by atomic mass is 15.3. The predicted molar refractivity (Wildman–Crippen MR) is 79.8 cm³/mol. The fourth-order valence-electron chi connectivity index (χ4n) is 2.47. The third kappa shape index (κ3) is 2.87. The zero-order valence-electron chi connectivity index (χ0n) is 11.7. The molecule has 1 N–H and O–H groups in total. The van der Waals surface area contributed by atoms with Crippen LogP contribution >= 0.6 is 0 Å². The Hall–Kier alpha value is -2.17. The summed E-state index contributed by atoms with van der Waals surface area (Å²) in [7, 11) is 0. The minimum absolute atomic E-state index is 0.159. The molecule has 1 unspecified atom stereocenters. The lowest BCUT2D eigenvalue weighted by Gasteiger charge is -2.18. The average Bonchev–Trinajstić information content (AvgIpc) is 3.03. The number of nitrogens with one attached hydrogen (secondary N) is 1. The highest BCUT2D eigenvalue weighted by Crippen LogP contribution is 2.20. The van der Waals surface area contributed by atoms with Crippen molar-refractivity contribution in [3.8, 4) is 0 Å². The summed E-state index contributed by atoms with van der Waals surface area (Å²) in [5.74, 6) is 1.51. The van der Waals surface area contributed by atoms with Crippen LogP contribution in [0.1, 0.15) is 31.4 Å². The summed E-state index contributed by atoms with van der Waals surface area (Å²) in [6.45, 7) is 4.22. The Labute approximate surface area is 119 Å². The van der Waals surface area contributed by atoms with Gasteiger partial charge in [-0.25, -0.2) is 0 Å². The second kappa shape index (κ2) is 5.86. The standard InChI is InChI=1S/C15H19N5/c1-12(13-7-3-2-4-8-13)17-15-18-14(11-16-19-15)20-9-5-6-10-20/h2-4,7-8,11-12H,5-6,9-10H2,1H3,(H,17,18,19). The van der Waals surface area contributed by atoms with Crippen molar-refractivity contribution in [1.29, 1.82) is 0 Å². The Balaban J connectivity index is 1.72. The minimum Gasteiger partial charge on any atom is -0.355 e. The molecule has 1 saturated heterocycles. The molecule has 0 radical (unpaired) electrons. The molecule has 0 bridgehead atoms. The van der Waals surface area contributed by atoms with Crippen molar-refractivity contribution in [2.45, 2.75) is 25.8 Å². The van der Waals surface area contributed by atoms with E-state index in [1.807, 2.05) is 18.2 Å². The highest BCUT2D eigenvalue weighted by molar-refractivity contribution is 5.42. The summed E-state index contributed by atoms with van der Waals surface area (Å²) in [6.07, 6.45) is 4.20. The summed E-state index contributed by atoms with van der Waals surface area (Å²) in [5, 5.41) is 11.4. The molecule has 1 aliphatic heterocycles. The van der Waals surface area contributed by atoms with Crippen molar-refractivity contribution < 1.29 is 0 Å². The molecule has 0 saturated carbocycles. The maximum Gasteiger partial charge on any atom is 0.245 e. The fourth-order valence-corrected chi connectivity index (χ4v) is 2.47. The van der Waals surface area contributed by atoms with Crippen LogP contribution < -0.4 is 10.2 Å². The first kappa shape index (κ1) is 12.8. The molecule has 0 aliphatic carbocycles. The molecule has 5 nitrogen and oxygen atoms in total. The molecule has 1 aliphatic rings. The lowest BCUT2D eigenvalue weighted by molar-refractivity contribution is 0.826. The van der Waals surface area contributed by atoms with Crippen molar-refractivity contribution in [3.05, 3.63) is 42.1 Å². The van der Waals surface area contributed by atoms with E-state index < -0.39 is 0 Å². The number of hydrogen-bond donors (Lipinski definition) is 1. The molecule has 1 aromatic heterocycles. The number of hydrogen-bond acceptors (Lipinski definition) is 5. The molecule has 3 rings (SSSR count). The zero-order valence-corrected chi connectivity index (χ0v) is 11.7. The van der Waals surface area contributed by atoms with Crippen LogP contribution in [-0.2, 0) is 0 Å².